The van der Waals surface area contributed by atoms with Gasteiger partial charge in [-0.1, -0.05) is 13.8 Å². The molecule has 88 valence electrons. The fraction of sp³-hybridized carbons (Fsp3) is 0.909. The average Bonchev–Trinajstić information content (AvgIpc) is 2.62. The molecule has 4 nitrogen and oxygen atoms in total. The van der Waals surface area contributed by atoms with Gasteiger partial charge in [-0.3, -0.25) is 4.79 Å². The number of methoxy groups -OCH3 is 1. The second kappa shape index (κ2) is 6.08. The Labute approximate surface area is 91.8 Å². The number of hydrogen-bond acceptors (Lipinski definition) is 3. The van der Waals surface area contributed by atoms with E-state index in [0.29, 0.717) is 24.7 Å². The summed E-state index contributed by atoms with van der Waals surface area (Å²) < 4.78 is 5.25. The summed E-state index contributed by atoms with van der Waals surface area (Å²) >= 11 is 0. The summed E-state index contributed by atoms with van der Waals surface area (Å²) in [6.45, 7) is 4.47. The molecule has 0 bridgehead atoms. The van der Waals surface area contributed by atoms with E-state index < -0.39 is 0 Å². The zero-order chi connectivity index (χ0) is 11.3. The predicted molar refractivity (Wildman–Crippen MR) is 59.7 cm³/mol. The van der Waals surface area contributed by atoms with E-state index >= 15 is 0 Å². The molecule has 0 aromatic carbocycles. The van der Waals surface area contributed by atoms with Gasteiger partial charge in [0, 0.05) is 19.2 Å². The molecule has 2 atom stereocenters. The van der Waals surface area contributed by atoms with E-state index in [1.54, 1.807) is 7.11 Å². The van der Waals surface area contributed by atoms with Crippen LogP contribution in [-0.4, -0.2) is 37.7 Å². The Hall–Kier alpha value is -0.610. The van der Waals surface area contributed by atoms with Crippen molar-refractivity contribution in [3.05, 3.63) is 0 Å². The van der Waals surface area contributed by atoms with Crippen molar-refractivity contribution in [3.8, 4) is 0 Å². The van der Waals surface area contributed by atoms with Crippen LogP contribution in [0.3, 0.4) is 0 Å². The molecule has 0 aliphatic heterocycles. The van der Waals surface area contributed by atoms with Crippen LogP contribution in [0.4, 0.5) is 0 Å². The third-order valence-corrected chi connectivity index (χ3v) is 2.75. The van der Waals surface area contributed by atoms with E-state index in [1.807, 2.05) is 13.8 Å². The van der Waals surface area contributed by atoms with E-state index in [-0.39, 0.29) is 5.91 Å². The maximum atomic E-state index is 11.5. The lowest BCUT2D eigenvalue weighted by atomic mass is 10.2. The highest BCUT2D eigenvalue weighted by molar-refractivity contribution is 5.78. The second-order valence-corrected chi connectivity index (χ2v) is 4.47. The van der Waals surface area contributed by atoms with Gasteiger partial charge in [0.25, 0.3) is 0 Å². The lowest BCUT2D eigenvalue weighted by Gasteiger charge is -2.14. The van der Waals surface area contributed by atoms with E-state index in [1.165, 1.54) is 0 Å². The fourth-order valence-electron chi connectivity index (χ4n) is 1.86. The normalized spacial score (nSPS) is 25.9. The minimum atomic E-state index is 0.0884. The third kappa shape index (κ3) is 4.62. The highest BCUT2D eigenvalue weighted by Gasteiger charge is 2.25. The smallest absolute Gasteiger partial charge is 0.234 e. The number of nitrogens with one attached hydrogen (secondary N) is 2. The maximum Gasteiger partial charge on any atom is 0.234 e. The van der Waals surface area contributed by atoms with Crippen molar-refractivity contribution >= 4 is 5.91 Å². The summed E-state index contributed by atoms with van der Waals surface area (Å²) in [7, 11) is 1.73. The molecular weight excluding hydrogens is 192 g/mol. The van der Waals surface area contributed by atoms with Crippen LogP contribution in [0, 0.1) is 0 Å². The molecular formula is C11H22N2O2. The monoisotopic (exact) mass is 214 g/mol. The molecule has 0 aromatic heterocycles. The molecule has 0 radical (unpaired) electrons. The molecule has 2 unspecified atom stereocenters. The maximum absolute atomic E-state index is 11.5. The van der Waals surface area contributed by atoms with Gasteiger partial charge in [0.15, 0.2) is 0 Å². The highest BCUT2D eigenvalue weighted by Crippen LogP contribution is 2.21. The van der Waals surface area contributed by atoms with Crippen molar-refractivity contribution < 1.29 is 9.53 Å². The van der Waals surface area contributed by atoms with Crippen LogP contribution in [0.15, 0.2) is 0 Å². The van der Waals surface area contributed by atoms with Crippen LogP contribution in [0.5, 0.6) is 0 Å². The molecule has 1 aliphatic carbocycles. The number of carbonyl (C=O) groups excluding carboxylic acids is 1. The number of rotatable bonds is 5. The largest absolute Gasteiger partial charge is 0.381 e. The first-order chi connectivity index (χ1) is 7.11. The molecule has 15 heavy (non-hydrogen) atoms. The second-order valence-electron chi connectivity index (χ2n) is 4.47. The summed E-state index contributed by atoms with van der Waals surface area (Å²) in [6, 6.07) is 0.655. The van der Waals surface area contributed by atoms with Crippen LogP contribution >= 0.6 is 0 Å². The van der Waals surface area contributed by atoms with Gasteiger partial charge in [-0.25, -0.2) is 0 Å². The zero-order valence-electron chi connectivity index (χ0n) is 9.88. The molecule has 0 heterocycles. The van der Waals surface area contributed by atoms with Gasteiger partial charge in [0.2, 0.25) is 5.91 Å². The Morgan fingerprint density at radius 3 is 2.73 bits per heavy atom. The molecule has 1 fully saturated rings. The van der Waals surface area contributed by atoms with Gasteiger partial charge < -0.3 is 15.4 Å². The summed E-state index contributed by atoms with van der Waals surface area (Å²) in [4.78, 5) is 11.5. The van der Waals surface area contributed by atoms with E-state index in [4.69, 9.17) is 4.74 Å². The molecule has 2 N–H and O–H groups in total. The van der Waals surface area contributed by atoms with Crippen LogP contribution in [0.25, 0.3) is 0 Å². The van der Waals surface area contributed by atoms with E-state index in [0.717, 1.165) is 19.3 Å². The van der Waals surface area contributed by atoms with Gasteiger partial charge in [-0.05, 0) is 19.3 Å². The summed E-state index contributed by atoms with van der Waals surface area (Å²) in [6.07, 6.45) is 3.36. The summed E-state index contributed by atoms with van der Waals surface area (Å²) in [5.74, 6) is 0.0884. The molecule has 4 heteroatoms. The minimum Gasteiger partial charge on any atom is -0.381 e. The highest BCUT2D eigenvalue weighted by atomic mass is 16.5. The van der Waals surface area contributed by atoms with Crippen LogP contribution in [-0.2, 0) is 9.53 Å². The van der Waals surface area contributed by atoms with Crippen molar-refractivity contribution in [1.29, 1.82) is 0 Å². The van der Waals surface area contributed by atoms with Crippen molar-refractivity contribution in [2.75, 3.05) is 13.7 Å². The Kier molecular flexibility index (Phi) is 5.05. The lowest BCUT2D eigenvalue weighted by molar-refractivity contribution is -0.121. The molecule has 0 saturated heterocycles. The quantitative estimate of drug-likeness (QED) is 0.707. The molecule has 1 aliphatic rings. The van der Waals surface area contributed by atoms with Crippen LogP contribution in [0.2, 0.25) is 0 Å². The zero-order valence-corrected chi connectivity index (χ0v) is 9.88. The predicted octanol–water partition coefficient (Wildman–Crippen LogP) is 0.668. The standard InChI is InChI=1S/C11H22N2O2/c1-8(2)12-7-11(14)13-9-4-5-10(6-9)15-3/h8-10,12H,4-7H2,1-3H3,(H,13,14). The lowest BCUT2D eigenvalue weighted by Crippen LogP contribution is -2.41. The number of hydrogen-bond donors (Lipinski definition) is 2. The van der Waals surface area contributed by atoms with Gasteiger partial charge in [-0.2, -0.15) is 0 Å². The summed E-state index contributed by atoms with van der Waals surface area (Å²) in [5, 5.41) is 6.12. The molecule has 0 aromatic rings. The first-order valence-corrected chi connectivity index (χ1v) is 5.67. The van der Waals surface area contributed by atoms with Gasteiger partial charge in [0.1, 0.15) is 0 Å². The summed E-state index contributed by atoms with van der Waals surface area (Å²) in [5.41, 5.74) is 0. The van der Waals surface area contributed by atoms with Crippen molar-refractivity contribution in [2.24, 2.45) is 0 Å². The first kappa shape index (κ1) is 12.5. The van der Waals surface area contributed by atoms with Crippen LogP contribution < -0.4 is 10.6 Å². The third-order valence-electron chi connectivity index (χ3n) is 2.75. The topological polar surface area (TPSA) is 50.4 Å². The van der Waals surface area contributed by atoms with E-state index in [2.05, 4.69) is 10.6 Å². The molecule has 0 spiro atoms. The molecule has 1 saturated carbocycles. The molecule has 1 rings (SSSR count). The fourth-order valence-corrected chi connectivity index (χ4v) is 1.86. The Bertz CT molecular complexity index is 207. The number of carbonyl (C=O) groups is 1. The van der Waals surface area contributed by atoms with Crippen molar-refractivity contribution in [2.45, 2.75) is 51.3 Å². The number of ether oxygens (including phenoxy) is 1. The SMILES string of the molecule is COC1CCC(NC(=O)CNC(C)C)C1. The van der Waals surface area contributed by atoms with E-state index in [9.17, 15) is 4.79 Å². The van der Waals surface area contributed by atoms with Crippen molar-refractivity contribution in [1.82, 2.24) is 10.6 Å². The van der Waals surface area contributed by atoms with Crippen LogP contribution in [0.1, 0.15) is 33.1 Å². The average molecular weight is 214 g/mol. The van der Waals surface area contributed by atoms with Gasteiger partial charge >= 0.3 is 0 Å². The van der Waals surface area contributed by atoms with Crippen molar-refractivity contribution in [3.63, 3.8) is 0 Å². The Morgan fingerprint density at radius 2 is 2.20 bits per heavy atom. The molecule has 1 amide bonds. The number of amides is 1. The van der Waals surface area contributed by atoms with Gasteiger partial charge in [0.05, 0.1) is 12.6 Å². The Balaban J connectivity index is 2.16. The first-order valence-electron chi connectivity index (χ1n) is 5.67. The Morgan fingerprint density at radius 1 is 1.47 bits per heavy atom. The minimum absolute atomic E-state index is 0.0884. The van der Waals surface area contributed by atoms with Gasteiger partial charge in [-0.15, -0.1) is 0 Å².